The molecule has 4 heterocycles. The van der Waals surface area contributed by atoms with Crippen molar-refractivity contribution in [2.24, 2.45) is 0 Å². The summed E-state index contributed by atoms with van der Waals surface area (Å²) in [6.07, 6.45) is 5.86. The zero-order chi connectivity index (χ0) is 20.8. The van der Waals surface area contributed by atoms with E-state index in [2.05, 4.69) is 41.3 Å². The Hall–Kier alpha value is -2.12. The van der Waals surface area contributed by atoms with Gasteiger partial charge in [0.15, 0.2) is 5.58 Å². The van der Waals surface area contributed by atoms with Crippen molar-refractivity contribution in [3.8, 4) is 0 Å². The molecule has 7 nitrogen and oxygen atoms in total. The highest BCUT2D eigenvalue weighted by atomic mass is 16.4. The molecule has 1 aromatic heterocycles. The van der Waals surface area contributed by atoms with Crippen molar-refractivity contribution in [3.63, 3.8) is 0 Å². The zero-order valence-corrected chi connectivity index (χ0v) is 18.2. The van der Waals surface area contributed by atoms with Crippen LogP contribution in [0.1, 0.15) is 56.3 Å². The van der Waals surface area contributed by atoms with Crippen LogP contribution in [-0.2, 0) is 0 Å². The van der Waals surface area contributed by atoms with Crippen LogP contribution in [0, 0.1) is 0 Å². The van der Waals surface area contributed by atoms with E-state index in [1.807, 2.05) is 18.2 Å². The maximum atomic E-state index is 13.2. The quantitative estimate of drug-likeness (QED) is 0.809. The fraction of sp³-hybridized carbons (Fsp3) is 0.652. The Balaban J connectivity index is 1.38. The normalized spacial score (nSPS) is 32.4. The monoisotopic (exact) mass is 411 g/mol. The van der Waals surface area contributed by atoms with Gasteiger partial charge in [0.1, 0.15) is 5.52 Å². The smallest absolute Gasteiger partial charge is 0.298 e. The Morgan fingerprint density at radius 1 is 1.17 bits per heavy atom. The van der Waals surface area contributed by atoms with Gasteiger partial charge in [0.05, 0.1) is 5.56 Å². The third-order valence-electron chi connectivity index (χ3n) is 7.38. The van der Waals surface area contributed by atoms with E-state index in [1.165, 1.54) is 19.3 Å². The predicted molar refractivity (Wildman–Crippen MR) is 118 cm³/mol. The van der Waals surface area contributed by atoms with Crippen molar-refractivity contribution in [1.82, 2.24) is 20.5 Å². The largest absolute Gasteiger partial charge is 0.423 e. The summed E-state index contributed by atoms with van der Waals surface area (Å²) < 4.78 is 6.10. The molecule has 1 aromatic carbocycles. The number of piperidine rings is 2. The van der Waals surface area contributed by atoms with Gasteiger partial charge in [-0.1, -0.05) is 12.5 Å². The molecule has 0 radical (unpaired) electrons. The van der Waals surface area contributed by atoms with Gasteiger partial charge in [-0.15, -0.1) is 0 Å². The summed E-state index contributed by atoms with van der Waals surface area (Å²) in [4.78, 5) is 22.7. The number of fused-ring (bicyclic) bond motifs is 3. The van der Waals surface area contributed by atoms with Crippen molar-refractivity contribution >= 4 is 23.0 Å². The topological polar surface area (TPSA) is 73.6 Å². The molecule has 162 valence electrons. The van der Waals surface area contributed by atoms with Crippen LogP contribution in [0.5, 0.6) is 0 Å². The maximum Gasteiger partial charge on any atom is 0.298 e. The highest BCUT2D eigenvalue weighted by Gasteiger charge is 2.37. The van der Waals surface area contributed by atoms with Crippen molar-refractivity contribution in [3.05, 3.63) is 23.8 Å². The first-order valence-corrected chi connectivity index (χ1v) is 11.4. The molecule has 3 fully saturated rings. The highest BCUT2D eigenvalue weighted by Crippen LogP contribution is 2.33. The number of nitrogens with zero attached hydrogens (tertiary/aromatic N) is 3. The van der Waals surface area contributed by atoms with E-state index >= 15 is 0 Å². The Morgan fingerprint density at radius 3 is 2.57 bits per heavy atom. The van der Waals surface area contributed by atoms with Gasteiger partial charge in [-0.2, -0.15) is 4.98 Å². The minimum Gasteiger partial charge on any atom is -0.423 e. The fourth-order valence-corrected chi connectivity index (χ4v) is 5.74. The number of rotatable bonds is 3. The van der Waals surface area contributed by atoms with Crippen molar-refractivity contribution < 1.29 is 9.21 Å². The molecule has 5 rings (SSSR count). The molecule has 2 unspecified atom stereocenters. The zero-order valence-electron chi connectivity index (χ0n) is 18.2. The van der Waals surface area contributed by atoms with Gasteiger partial charge in [0.25, 0.3) is 11.9 Å². The standard InChI is InChI=1S/C23H33N5O2/c1-14-12-24-13-15(2)28(14)23-26-21-19(8-5-9-20(21)30-23)22(29)25-16-10-17-6-4-7-18(11-16)27(17)3/h5,8-9,14-18,24H,4,6-7,10-13H2,1-3H3,(H,25,29)/t14-,15-,16?,17?,18?/m0/s1. The number of nitrogens with one attached hydrogen (secondary N) is 2. The summed E-state index contributed by atoms with van der Waals surface area (Å²) in [6, 6.07) is 8.26. The predicted octanol–water partition coefficient (Wildman–Crippen LogP) is 2.76. The van der Waals surface area contributed by atoms with Gasteiger partial charge in [0.2, 0.25) is 0 Å². The Labute approximate surface area is 178 Å². The Kier molecular flexibility index (Phi) is 5.19. The number of benzene rings is 1. The molecular formula is C23H33N5O2. The third-order valence-corrected chi connectivity index (χ3v) is 7.38. The molecule has 2 aromatic rings. The summed E-state index contributed by atoms with van der Waals surface area (Å²) in [5.41, 5.74) is 1.95. The van der Waals surface area contributed by atoms with Crippen LogP contribution in [-0.4, -0.2) is 66.1 Å². The van der Waals surface area contributed by atoms with Crippen LogP contribution < -0.4 is 15.5 Å². The molecule has 1 amide bonds. The van der Waals surface area contributed by atoms with E-state index in [9.17, 15) is 4.79 Å². The van der Waals surface area contributed by atoms with Crippen LogP contribution >= 0.6 is 0 Å². The van der Waals surface area contributed by atoms with Crippen LogP contribution in [0.3, 0.4) is 0 Å². The molecule has 7 heteroatoms. The van der Waals surface area contributed by atoms with Gasteiger partial charge >= 0.3 is 0 Å². The maximum absolute atomic E-state index is 13.2. The van der Waals surface area contributed by atoms with E-state index < -0.39 is 0 Å². The average molecular weight is 412 g/mol. The first-order valence-electron chi connectivity index (χ1n) is 11.4. The number of amides is 1. The van der Waals surface area contributed by atoms with E-state index in [0.29, 0.717) is 34.8 Å². The first-order chi connectivity index (χ1) is 14.5. The molecule has 4 atom stereocenters. The number of anilines is 1. The molecule has 30 heavy (non-hydrogen) atoms. The number of carbonyl (C=O) groups is 1. The summed E-state index contributed by atoms with van der Waals surface area (Å²) in [5, 5.41) is 6.75. The minimum absolute atomic E-state index is 0.0329. The lowest BCUT2D eigenvalue weighted by Gasteiger charge is -2.47. The lowest BCUT2D eigenvalue weighted by atomic mass is 9.82. The van der Waals surface area contributed by atoms with Gasteiger partial charge < -0.3 is 24.9 Å². The van der Waals surface area contributed by atoms with Crippen molar-refractivity contribution in [2.45, 2.75) is 76.2 Å². The van der Waals surface area contributed by atoms with Gasteiger partial charge in [-0.25, -0.2) is 0 Å². The van der Waals surface area contributed by atoms with E-state index in [0.717, 1.165) is 25.9 Å². The first kappa shape index (κ1) is 19.8. The number of carbonyl (C=O) groups excluding carboxylic acids is 1. The second-order valence-electron chi connectivity index (χ2n) is 9.46. The van der Waals surface area contributed by atoms with Crippen molar-refractivity contribution in [2.75, 3.05) is 25.0 Å². The molecular weight excluding hydrogens is 378 g/mol. The average Bonchev–Trinajstić information content (AvgIpc) is 3.12. The molecule has 2 bridgehead atoms. The molecule has 0 aliphatic carbocycles. The van der Waals surface area contributed by atoms with Crippen LogP contribution in [0.2, 0.25) is 0 Å². The second-order valence-corrected chi connectivity index (χ2v) is 9.46. The number of aromatic nitrogens is 1. The lowest BCUT2D eigenvalue weighted by Crippen LogP contribution is -2.55. The SMILES string of the molecule is C[C@H]1CNC[C@H](C)N1c1nc2c(C(=O)NC3CC4CCCC(C3)N4C)cccc2o1. The van der Waals surface area contributed by atoms with Gasteiger partial charge in [-0.05, 0) is 58.7 Å². The van der Waals surface area contributed by atoms with E-state index in [-0.39, 0.29) is 24.0 Å². The second kappa shape index (κ2) is 7.85. The molecule has 0 saturated carbocycles. The molecule has 3 saturated heterocycles. The number of hydrogen-bond donors (Lipinski definition) is 2. The van der Waals surface area contributed by atoms with Gasteiger partial charge in [0, 0.05) is 43.3 Å². The summed E-state index contributed by atoms with van der Waals surface area (Å²) >= 11 is 0. The van der Waals surface area contributed by atoms with Crippen LogP contribution in [0.15, 0.2) is 22.6 Å². The molecule has 3 aliphatic rings. The van der Waals surface area contributed by atoms with E-state index in [4.69, 9.17) is 9.40 Å². The minimum atomic E-state index is -0.0329. The van der Waals surface area contributed by atoms with Crippen LogP contribution in [0.25, 0.3) is 11.1 Å². The van der Waals surface area contributed by atoms with Crippen LogP contribution in [0.4, 0.5) is 6.01 Å². The van der Waals surface area contributed by atoms with Gasteiger partial charge in [-0.3, -0.25) is 4.79 Å². The fourth-order valence-electron chi connectivity index (χ4n) is 5.74. The highest BCUT2D eigenvalue weighted by molar-refractivity contribution is 6.04. The molecule has 3 aliphatic heterocycles. The summed E-state index contributed by atoms with van der Waals surface area (Å²) in [5.74, 6) is -0.0329. The molecule has 2 N–H and O–H groups in total. The molecule has 0 spiro atoms. The summed E-state index contributed by atoms with van der Waals surface area (Å²) in [7, 11) is 2.24. The number of para-hydroxylation sites is 1. The van der Waals surface area contributed by atoms with Crippen molar-refractivity contribution in [1.29, 1.82) is 0 Å². The number of oxazole rings is 1. The summed E-state index contributed by atoms with van der Waals surface area (Å²) in [6.45, 7) is 6.13. The Morgan fingerprint density at radius 2 is 1.87 bits per heavy atom. The third kappa shape index (κ3) is 3.48. The number of hydrogen-bond acceptors (Lipinski definition) is 6. The van der Waals surface area contributed by atoms with E-state index in [1.54, 1.807) is 0 Å². The lowest BCUT2D eigenvalue weighted by molar-refractivity contribution is 0.0463. The Bertz CT molecular complexity index is 903. The number of piperazine rings is 1.